The Kier molecular flexibility index (Phi) is 15.2. The van der Waals surface area contributed by atoms with Crippen molar-refractivity contribution in [2.24, 2.45) is 0 Å². The molecule has 0 aliphatic carbocycles. The van der Waals surface area contributed by atoms with Crippen molar-refractivity contribution in [1.29, 1.82) is 0 Å². The third-order valence-corrected chi connectivity index (χ3v) is 14.1. The maximum absolute atomic E-state index is 4.91. The Morgan fingerprint density at radius 3 is 1.23 bits per heavy atom. The van der Waals surface area contributed by atoms with E-state index in [1.807, 2.05) is 17.1 Å². The molecule has 0 aliphatic heterocycles. The van der Waals surface area contributed by atoms with Crippen LogP contribution < -0.4 is 0 Å². The van der Waals surface area contributed by atoms with Crippen molar-refractivity contribution in [2.45, 2.75) is 101 Å². The number of aromatic nitrogens is 6. The minimum Gasteiger partial charge on any atom is -0.340 e. The molecule has 0 atom stereocenters. The molecule has 0 N–H and O–H groups in total. The van der Waals surface area contributed by atoms with Crippen LogP contribution in [-0.2, 0) is 58.6 Å². The maximum atomic E-state index is 4.91. The third kappa shape index (κ3) is 11.1. The summed E-state index contributed by atoms with van der Waals surface area (Å²) in [7, 11) is 0. The summed E-state index contributed by atoms with van der Waals surface area (Å²) in [6.45, 7) is 19.4. The fourth-order valence-electron chi connectivity index (χ4n) is 10.9. The van der Waals surface area contributed by atoms with Crippen molar-refractivity contribution in [3.05, 3.63) is 248 Å². The average Bonchev–Trinajstić information content (AvgIpc) is 4.13. The van der Waals surface area contributed by atoms with Gasteiger partial charge >= 0.3 is 20.1 Å². The fourth-order valence-corrected chi connectivity index (χ4v) is 10.9. The van der Waals surface area contributed by atoms with E-state index in [1.165, 1.54) is 94.8 Å². The van der Waals surface area contributed by atoms with Crippen LogP contribution in [0.1, 0.15) is 83.6 Å². The van der Waals surface area contributed by atoms with Crippen LogP contribution in [0.3, 0.4) is 0 Å². The predicted octanol–water partition coefficient (Wildman–Crippen LogP) is 14.8. The Morgan fingerprint density at radius 1 is 0.425 bits per heavy atom. The summed E-state index contributed by atoms with van der Waals surface area (Å²) in [5.74, 6) is 1.82. The molecule has 3 aromatic heterocycles. The number of rotatable bonds is 15. The molecule has 0 spiro atoms. The number of benzene rings is 7. The Labute approximate surface area is 446 Å². The monoisotopic (exact) mass is 1130 g/mol. The molecule has 6 nitrogen and oxygen atoms in total. The second-order valence-corrected chi connectivity index (χ2v) is 20.0. The van der Waals surface area contributed by atoms with Gasteiger partial charge in [-0.15, -0.1) is 76.9 Å². The smallest absolute Gasteiger partial charge is 0.340 e. The molecule has 0 saturated carbocycles. The van der Waals surface area contributed by atoms with Gasteiger partial charge in [-0.05, 0) is 143 Å². The first-order valence-electron chi connectivity index (χ1n) is 25.4. The Bertz CT molecular complexity index is 3320. The van der Waals surface area contributed by atoms with E-state index in [0.29, 0.717) is 0 Å². The summed E-state index contributed by atoms with van der Waals surface area (Å²) >= 11 is 0. The van der Waals surface area contributed by atoms with Gasteiger partial charge in [0.25, 0.3) is 0 Å². The molecule has 73 heavy (non-hydrogen) atoms. The molecular weight excluding hydrogens is 1070 g/mol. The number of imidazole rings is 2. The topological polar surface area (TPSA) is 53.5 Å². The van der Waals surface area contributed by atoms with E-state index in [2.05, 4.69) is 223 Å². The van der Waals surface area contributed by atoms with E-state index in [-0.39, 0.29) is 20.1 Å². The van der Waals surface area contributed by atoms with E-state index in [1.54, 1.807) is 0 Å². The van der Waals surface area contributed by atoms with Crippen LogP contribution in [-0.4, -0.2) is 28.9 Å². The van der Waals surface area contributed by atoms with E-state index < -0.39 is 0 Å². The van der Waals surface area contributed by atoms with Crippen LogP contribution in [0.5, 0.6) is 0 Å². The first kappa shape index (κ1) is 50.7. The molecular formula is C66H63IrN6. The second-order valence-electron chi connectivity index (χ2n) is 20.0. The van der Waals surface area contributed by atoms with Crippen molar-refractivity contribution in [2.75, 3.05) is 0 Å². The predicted molar refractivity (Wildman–Crippen MR) is 295 cm³/mol. The van der Waals surface area contributed by atoms with Gasteiger partial charge in [-0.25, -0.2) is 0 Å². The van der Waals surface area contributed by atoms with Gasteiger partial charge in [-0.3, -0.25) is 14.6 Å². The minimum absolute atomic E-state index is 0. The van der Waals surface area contributed by atoms with Gasteiger partial charge in [0.15, 0.2) is 0 Å². The van der Waals surface area contributed by atoms with Crippen LogP contribution in [0.15, 0.2) is 146 Å². The zero-order chi connectivity index (χ0) is 50.0. The summed E-state index contributed by atoms with van der Waals surface area (Å²) in [5, 5.41) is 4.91. The van der Waals surface area contributed by atoms with Crippen molar-refractivity contribution in [3.63, 3.8) is 0 Å². The second kappa shape index (κ2) is 21.9. The summed E-state index contributed by atoms with van der Waals surface area (Å²) < 4.78 is 6.45. The summed E-state index contributed by atoms with van der Waals surface area (Å²) in [6, 6.07) is 55.4. The van der Waals surface area contributed by atoms with Gasteiger partial charge in [0.1, 0.15) is 0 Å². The zero-order valence-corrected chi connectivity index (χ0v) is 46.0. The zero-order valence-electron chi connectivity index (χ0n) is 43.6. The molecule has 3 heterocycles. The quantitative estimate of drug-likeness (QED) is 0.0961. The standard InChI is InChI=1S/C66H63N6.Ir/c1-43-35-47(5)63(48(6)36-43)70-33-31-67-65(70)58-25-19-52(20-26-58)13-16-55-40-56(17-14-53-21-27-59(28-22-53)66-68-32-34-71(66)64-49(7)37-44(2)38-50(64)8)42-57(41-55)18-15-54-23-29-60(30-24-54)72-61(39-51(9)69-72)62-45(3)11-10-12-46(62)4;/h10-12,19-25,27,29,31-42H,13-18H2,1-9H3;/q-3;+3. The molecule has 366 valence electrons. The number of nitrogens with zero attached hydrogens (tertiary/aromatic N) is 6. The average molecular weight is 1130 g/mol. The number of aryl methyl sites for hydroxylation is 15. The molecule has 0 saturated heterocycles. The molecule has 0 radical (unpaired) electrons. The van der Waals surface area contributed by atoms with Crippen LogP contribution >= 0.6 is 0 Å². The largest absolute Gasteiger partial charge is 3.00 e. The summed E-state index contributed by atoms with van der Waals surface area (Å²) in [5.41, 5.74) is 26.5. The van der Waals surface area contributed by atoms with Gasteiger partial charge in [0, 0.05) is 41.7 Å². The molecule has 7 heteroatoms. The Morgan fingerprint density at radius 2 is 0.836 bits per heavy atom. The number of hydrogen-bond acceptors (Lipinski definition) is 3. The molecule has 0 unspecified atom stereocenters. The van der Waals surface area contributed by atoms with Crippen LogP contribution in [0.4, 0.5) is 0 Å². The summed E-state index contributed by atoms with van der Waals surface area (Å²) in [4.78, 5) is 9.57. The molecule has 10 rings (SSSR count). The van der Waals surface area contributed by atoms with Crippen LogP contribution in [0, 0.1) is 80.5 Å². The van der Waals surface area contributed by atoms with E-state index in [4.69, 9.17) is 15.1 Å². The van der Waals surface area contributed by atoms with Gasteiger partial charge < -0.3 is 9.13 Å². The first-order chi connectivity index (χ1) is 34.8. The number of hydrogen-bond donors (Lipinski definition) is 0. The normalized spacial score (nSPS) is 11.3. The molecule has 0 fully saturated rings. The SMILES string of the molecule is Cc1cc(C)c(-n2ccnc2-c2[c-]cc(CCc3cc(CCc4c[c-]c(-c5nccn5-c5c(C)cc(C)cc5C)cc4)cc(CCc4c[c-]c(-n5nc(C)cc5-c5c(C)cccc5C)cc4)c3)cc2)c(C)c1.[Ir+3]. The maximum Gasteiger partial charge on any atom is 3.00 e. The molecule has 0 aliphatic rings. The van der Waals surface area contributed by atoms with E-state index >= 15 is 0 Å². The minimum atomic E-state index is 0. The summed E-state index contributed by atoms with van der Waals surface area (Å²) in [6.07, 6.45) is 13.5. The van der Waals surface area contributed by atoms with Crippen molar-refractivity contribution in [1.82, 2.24) is 28.9 Å². The van der Waals surface area contributed by atoms with Gasteiger partial charge in [-0.1, -0.05) is 91.1 Å². The molecule has 0 amide bonds. The van der Waals surface area contributed by atoms with E-state index in [0.717, 1.165) is 78.4 Å². The Balaban J connectivity index is 0.00000656. The van der Waals surface area contributed by atoms with Crippen LogP contribution in [0.2, 0.25) is 0 Å². The molecule has 0 bridgehead atoms. The van der Waals surface area contributed by atoms with Crippen molar-refractivity contribution >= 4 is 0 Å². The van der Waals surface area contributed by atoms with Crippen molar-refractivity contribution < 1.29 is 20.1 Å². The van der Waals surface area contributed by atoms with Gasteiger partial charge in [-0.2, -0.15) is 28.9 Å². The Hall–Kier alpha value is -7.18. The van der Waals surface area contributed by atoms with Gasteiger partial charge in [0.05, 0.1) is 23.0 Å². The first-order valence-corrected chi connectivity index (χ1v) is 25.4. The van der Waals surface area contributed by atoms with Gasteiger partial charge in [0.2, 0.25) is 0 Å². The fraction of sp³-hybridized carbons (Fsp3) is 0.227. The third-order valence-electron chi connectivity index (χ3n) is 14.1. The van der Waals surface area contributed by atoms with Crippen LogP contribution in [0.25, 0.3) is 51.1 Å². The molecule has 7 aromatic carbocycles. The molecule has 10 aromatic rings. The van der Waals surface area contributed by atoms with E-state index in [9.17, 15) is 0 Å². The van der Waals surface area contributed by atoms with Crippen molar-refractivity contribution in [3.8, 4) is 51.1 Å².